The fourth-order valence-electron chi connectivity index (χ4n) is 3.41. The molecule has 1 aliphatic rings. The summed E-state index contributed by atoms with van der Waals surface area (Å²) in [5.74, 6) is -0.610. The van der Waals surface area contributed by atoms with Crippen molar-refractivity contribution in [2.75, 3.05) is 12.0 Å². The third-order valence-electron chi connectivity index (χ3n) is 5.09. The number of nitro groups is 1. The van der Waals surface area contributed by atoms with Crippen LogP contribution in [-0.4, -0.2) is 23.1 Å². The monoisotopic (exact) mass is 515 g/mol. The van der Waals surface area contributed by atoms with Crippen molar-refractivity contribution in [3.63, 3.8) is 0 Å². The highest BCUT2D eigenvalue weighted by Gasteiger charge is 2.34. The quantitative estimate of drug-likeness (QED) is 0.195. The van der Waals surface area contributed by atoms with Crippen LogP contribution in [0.15, 0.2) is 72.4 Å². The molecule has 8 nitrogen and oxygen atoms in total. The molecule has 0 atom stereocenters. The normalized spacial score (nSPS) is 14.7. The summed E-state index contributed by atoms with van der Waals surface area (Å²) in [7, 11) is 1.32. The molecule has 0 saturated carbocycles. The number of hydrogen-bond acceptors (Lipinski definition) is 6. The lowest BCUT2D eigenvalue weighted by atomic mass is 10.1. The number of carbonyl (C=O) groups excluding carboxylic acids is 1. The van der Waals surface area contributed by atoms with Crippen LogP contribution in [0, 0.1) is 10.1 Å². The lowest BCUT2D eigenvalue weighted by molar-refractivity contribution is -0.385. The zero-order valence-electron chi connectivity index (χ0n) is 18.4. The molecule has 184 valence electrons. The Morgan fingerprint density at radius 1 is 1.03 bits per heavy atom. The van der Waals surface area contributed by atoms with Crippen molar-refractivity contribution in [3.05, 3.63) is 93.7 Å². The summed E-state index contributed by atoms with van der Waals surface area (Å²) in [5.41, 5.74) is -0.712. The van der Waals surface area contributed by atoms with Gasteiger partial charge in [-0.25, -0.2) is 0 Å². The lowest BCUT2D eigenvalue weighted by Crippen LogP contribution is -2.30. The highest BCUT2D eigenvalue weighted by molar-refractivity contribution is 7.80. The van der Waals surface area contributed by atoms with Gasteiger partial charge in [-0.2, -0.15) is 13.2 Å². The first kappa shape index (κ1) is 24.7. The molecule has 0 bridgehead atoms. The van der Waals surface area contributed by atoms with E-state index in [0.29, 0.717) is 23.4 Å². The lowest BCUT2D eigenvalue weighted by Gasteiger charge is -2.13. The van der Waals surface area contributed by atoms with Crippen LogP contribution in [0.4, 0.5) is 24.5 Å². The fourth-order valence-corrected chi connectivity index (χ4v) is 3.71. The predicted molar refractivity (Wildman–Crippen MR) is 129 cm³/mol. The first-order chi connectivity index (χ1) is 17.1. The molecule has 3 aromatic rings. The molecule has 0 radical (unpaired) electrons. The number of nitrogens with one attached hydrogen (secondary N) is 1. The van der Waals surface area contributed by atoms with Crippen LogP contribution in [0.1, 0.15) is 11.1 Å². The Morgan fingerprint density at radius 2 is 1.72 bits per heavy atom. The van der Waals surface area contributed by atoms with Crippen molar-refractivity contribution in [1.29, 1.82) is 0 Å². The Bertz CT molecular complexity index is 1390. The number of halogens is 3. The van der Waals surface area contributed by atoms with Gasteiger partial charge in [0.2, 0.25) is 5.75 Å². The Hall–Kier alpha value is -4.45. The van der Waals surface area contributed by atoms with Crippen molar-refractivity contribution in [2.45, 2.75) is 6.18 Å². The number of methoxy groups -OCH3 is 1. The molecule has 1 saturated heterocycles. The second-order valence-corrected chi connectivity index (χ2v) is 7.80. The number of nitro benzene ring substituents is 1. The maximum atomic E-state index is 13.0. The van der Waals surface area contributed by atoms with Crippen LogP contribution in [-0.2, 0) is 11.0 Å². The number of para-hydroxylation sites is 1. The number of alkyl halides is 3. The maximum Gasteiger partial charge on any atom is 0.416 e. The van der Waals surface area contributed by atoms with Gasteiger partial charge in [-0.05, 0) is 60.3 Å². The summed E-state index contributed by atoms with van der Waals surface area (Å²) >= 11 is 5.28. The van der Waals surface area contributed by atoms with Crippen LogP contribution in [0.2, 0.25) is 0 Å². The van der Waals surface area contributed by atoms with E-state index in [1.165, 1.54) is 30.2 Å². The summed E-state index contributed by atoms with van der Waals surface area (Å²) in [6.45, 7) is 0. The maximum absolute atomic E-state index is 13.0. The summed E-state index contributed by atoms with van der Waals surface area (Å²) in [4.78, 5) is 24.6. The summed E-state index contributed by atoms with van der Waals surface area (Å²) in [6, 6.07) is 15.3. The number of hydrogen-bond donors (Lipinski definition) is 1. The number of carbonyl (C=O) groups is 1. The number of benzene rings is 3. The number of ether oxygens (including phenoxy) is 2. The van der Waals surface area contributed by atoms with E-state index in [9.17, 15) is 28.1 Å². The van der Waals surface area contributed by atoms with E-state index in [0.717, 1.165) is 6.07 Å². The number of nitrogens with zero attached hydrogens (tertiary/aromatic N) is 2. The minimum Gasteiger partial charge on any atom is -0.493 e. The fraction of sp³-hybridized carbons (Fsp3) is 0.0833. The Kier molecular flexibility index (Phi) is 6.62. The Labute approximate surface area is 207 Å². The molecule has 1 aliphatic heterocycles. The molecule has 0 unspecified atom stereocenters. The standard InChI is InChI=1S/C24H16F3N3O5S/c1-34-21-12-14(11-17-22(31)29(23(36)28-17)16-5-3-2-4-6-16)7-9-20(21)35-19-10-8-15(24(25,26)27)13-18(19)30(32)33/h2-13H,1H3,(H,28,36). The molecule has 36 heavy (non-hydrogen) atoms. The molecule has 0 aromatic heterocycles. The average Bonchev–Trinajstić information content (AvgIpc) is 3.12. The third kappa shape index (κ3) is 4.98. The zero-order valence-corrected chi connectivity index (χ0v) is 19.2. The number of thiocarbonyl (C=S) groups is 1. The molecule has 0 aliphatic carbocycles. The van der Waals surface area contributed by atoms with Gasteiger partial charge in [0.25, 0.3) is 5.91 Å². The van der Waals surface area contributed by atoms with Gasteiger partial charge in [0.05, 0.1) is 23.3 Å². The zero-order chi connectivity index (χ0) is 26.0. The second kappa shape index (κ2) is 9.66. The molecular weight excluding hydrogens is 499 g/mol. The van der Waals surface area contributed by atoms with Gasteiger partial charge in [0.1, 0.15) is 5.70 Å². The van der Waals surface area contributed by atoms with Crippen LogP contribution in [0.3, 0.4) is 0 Å². The van der Waals surface area contributed by atoms with Gasteiger partial charge in [0, 0.05) is 6.07 Å². The van der Waals surface area contributed by atoms with E-state index in [1.807, 2.05) is 6.07 Å². The van der Waals surface area contributed by atoms with Crippen molar-refractivity contribution >= 4 is 40.7 Å². The van der Waals surface area contributed by atoms with Crippen LogP contribution in [0.5, 0.6) is 17.2 Å². The molecule has 4 rings (SSSR count). The Morgan fingerprint density at radius 3 is 2.36 bits per heavy atom. The van der Waals surface area contributed by atoms with Gasteiger partial charge in [0.15, 0.2) is 16.6 Å². The smallest absolute Gasteiger partial charge is 0.416 e. The summed E-state index contributed by atoms with van der Waals surface area (Å²) in [6.07, 6.45) is -3.22. The van der Waals surface area contributed by atoms with E-state index in [4.69, 9.17) is 21.7 Å². The molecule has 1 N–H and O–H groups in total. The van der Waals surface area contributed by atoms with Gasteiger partial charge in [-0.3, -0.25) is 19.8 Å². The predicted octanol–water partition coefficient (Wildman–Crippen LogP) is 5.68. The first-order valence-electron chi connectivity index (χ1n) is 10.2. The highest BCUT2D eigenvalue weighted by atomic mass is 32.1. The molecule has 0 spiro atoms. The topological polar surface area (TPSA) is 93.9 Å². The SMILES string of the molecule is COc1cc(C=C2NC(=S)N(c3ccccc3)C2=O)ccc1Oc1ccc(C(F)(F)F)cc1[N+](=O)[O-]. The van der Waals surface area contributed by atoms with E-state index in [2.05, 4.69) is 5.32 Å². The van der Waals surface area contributed by atoms with Crippen molar-refractivity contribution in [1.82, 2.24) is 5.32 Å². The van der Waals surface area contributed by atoms with Crippen LogP contribution in [0.25, 0.3) is 6.08 Å². The third-order valence-corrected chi connectivity index (χ3v) is 5.38. The average molecular weight is 515 g/mol. The van der Waals surface area contributed by atoms with Crippen LogP contribution < -0.4 is 19.7 Å². The largest absolute Gasteiger partial charge is 0.493 e. The molecule has 1 amide bonds. The Balaban J connectivity index is 1.62. The van der Waals surface area contributed by atoms with E-state index >= 15 is 0 Å². The van der Waals surface area contributed by atoms with Gasteiger partial charge >= 0.3 is 11.9 Å². The van der Waals surface area contributed by atoms with Gasteiger partial charge < -0.3 is 14.8 Å². The molecule has 3 aromatic carbocycles. The van der Waals surface area contributed by atoms with E-state index < -0.39 is 28.1 Å². The van der Waals surface area contributed by atoms with Crippen LogP contribution >= 0.6 is 12.2 Å². The molecule has 12 heteroatoms. The molecule has 1 heterocycles. The van der Waals surface area contributed by atoms with Crippen molar-refractivity contribution < 1.29 is 32.4 Å². The number of amides is 1. The van der Waals surface area contributed by atoms with Crippen molar-refractivity contribution in [2.24, 2.45) is 0 Å². The van der Waals surface area contributed by atoms with E-state index in [-0.39, 0.29) is 28.2 Å². The summed E-state index contributed by atoms with van der Waals surface area (Å²) in [5, 5.41) is 14.4. The van der Waals surface area contributed by atoms with Gasteiger partial charge in [-0.15, -0.1) is 0 Å². The van der Waals surface area contributed by atoms with E-state index in [1.54, 1.807) is 30.3 Å². The first-order valence-corrected chi connectivity index (χ1v) is 10.6. The number of rotatable bonds is 6. The van der Waals surface area contributed by atoms with Gasteiger partial charge in [-0.1, -0.05) is 24.3 Å². The number of anilines is 1. The minimum atomic E-state index is -4.75. The molecular formula is C24H16F3N3O5S. The second-order valence-electron chi connectivity index (χ2n) is 7.41. The minimum absolute atomic E-state index is 0.0228. The molecule has 1 fully saturated rings. The summed E-state index contributed by atoms with van der Waals surface area (Å²) < 4.78 is 49.7. The highest BCUT2D eigenvalue weighted by Crippen LogP contribution is 2.40. The van der Waals surface area contributed by atoms with Crippen molar-refractivity contribution in [3.8, 4) is 17.2 Å².